The van der Waals surface area contributed by atoms with Crippen LogP contribution >= 0.6 is 11.3 Å². The molecule has 0 fully saturated rings. The summed E-state index contributed by atoms with van der Waals surface area (Å²) in [7, 11) is 1.54. The number of imidazole rings is 1. The second kappa shape index (κ2) is 11.8. The number of methoxy groups -OCH3 is 1. The number of pyridine rings is 1. The van der Waals surface area contributed by atoms with E-state index < -0.39 is 5.82 Å². The van der Waals surface area contributed by atoms with Gasteiger partial charge in [-0.1, -0.05) is 24.3 Å². The Labute approximate surface area is 235 Å². The highest BCUT2D eigenvalue weighted by atomic mass is 32.1. The normalized spacial score (nSPS) is 11.1. The van der Waals surface area contributed by atoms with Crippen LogP contribution in [-0.2, 0) is 29.0 Å². The molecule has 0 atom stereocenters. The molecule has 9 heteroatoms. The lowest BCUT2D eigenvalue weighted by molar-refractivity contribution is -0.126. The summed E-state index contributed by atoms with van der Waals surface area (Å²) < 4.78 is 29.1. The number of aromatic nitrogens is 3. The van der Waals surface area contributed by atoms with Crippen LogP contribution in [0.1, 0.15) is 30.3 Å². The van der Waals surface area contributed by atoms with Crippen molar-refractivity contribution in [3.63, 3.8) is 0 Å². The first kappa shape index (κ1) is 27.2. The number of ketones is 2. The maximum Gasteiger partial charge on any atom is 0.166 e. The minimum Gasteiger partial charge on any atom is -0.496 e. The summed E-state index contributed by atoms with van der Waals surface area (Å²) in [5, 5.41) is 0. The molecular formula is C31H28FN3O4S. The van der Waals surface area contributed by atoms with Crippen LogP contribution in [0.25, 0.3) is 20.8 Å². The lowest BCUT2D eigenvalue weighted by Gasteiger charge is -2.09. The Morgan fingerprint density at radius 1 is 1.00 bits per heavy atom. The molecule has 2 aromatic carbocycles. The van der Waals surface area contributed by atoms with E-state index in [4.69, 9.17) is 9.47 Å². The van der Waals surface area contributed by atoms with Crippen LogP contribution in [-0.4, -0.2) is 33.2 Å². The number of thiophene rings is 1. The minimum absolute atomic E-state index is 0.0389. The van der Waals surface area contributed by atoms with Crippen molar-refractivity contribution in [3.05, 3.63) is 89.8 Å². The van der Waals surface area contributed by atoms with Crippen LogP contribution in [0.5, 0.6) is 17.2 Å². The maximum atomic E-state index is 15.0. The zero-order chi connectivity index (χ0) is 28.2. The molecular weight excluding hydrogens is 529 g/mol. The van der Waals surface area contributed by atoms with E-state index in [0.717, 1.165) is 38.7 Å². The van der Waals surface area contributed by atoms with E-state index >= 15 is 4.39 Å². The fraction of sp³-hybridized carbons (Fsp3) is 0.226. The molecule has 0 aliphatic carbocycles. The first-order valence-electron chi connectivity index (χ1n) is 12.9. The molecule has 0 aliphatic rings. The third-order valence-electron chi connectivity index (χ3n) is 6.54. The summed E-state index contributed by atoms with van der Waals surface area (Å²) in [6.45, 7) is 4.86. The van der Waals surface area contributed by atoms with Crippen LogP contribution in [0.15, 0.2) is 67.0 Å². The molecule has 0 bridgehead atoms. The molecule has 204 valence electrons. The predicted octanol–water partition coefficient (Wildman–Crippen LogP) is 6.74. The van der Waals surface area contributed by atoms with E-state index in [2.05, 4.69) is 21.5 Å². The average molecular weight is 558 g/mol. The topological polar surface area (TPSA) is 83.3 Å². The van der Waals surface area contributed by atoms with Gasteiger partial charge in [-0.25, -0.2) is 9.37 Å². The fourth-order valence-electron chi connectivity index (χ4n) is 4.56. The van der Waals surface area contributed by atoms with E-state index in [0.29, 0.717) is 17.1 Å². The number of hydrogen-bond acceptors (Lipinski definition) is 7. The molecule has 3 heterocycles. The van der Waals surface area contributed by atoms with Gasteiger partial charge in [-0.3, -0.25) is 14.6 Å². The highest BCUT2D eigenvalue weighted by Crippen LogP contribution is 2.39. The van der Waals surface area contributed by atoms with Gasteiger partial charge in [0.2, 0.25) is 0 Å². The van der Waals surface area contributed by atoms with E-state index in [-0.39, 0.29) is 36.6 Å². The van der Waals surface area contributed by atoms with Gasteiger partial charge >= 0.3 is 0 Å². The molecule has 7 nitrogen and oxygen atoms in total. The van der Waals surface area contributed by atoms with Gasteiger partial charge in [-0.2, -0.15) is 0 Å². The number of ether oxygens (including phenoxy) is 2. The lowest BCUT2D eigenvalue weighted by Crippen LogP contribution is -2.13. The standard InChI is InChI=1S/C31H28FN3O4S/c1-4-35-18-26(34-19(35)2)30-17-25-31(40-30)29(11-12-33-25)39-28-10-9-20(14-24(28)32)13-22(36)16-23(37)15-21-7-5-6-8-27(21)38-3/h5-12,14,17-18H,4,13,15-16H2,1-3H3. The second-order valence-electron chi connectivity index (χ2n) is 9.38. The molecule has 0 amide bonds. The number of carbonyl (C=O) groups excluding carboxylic acids is 2. The van der Waals surface area contributed by atoms with Crippen molar-refractivity contribution in [2.75, 3.05) is 7.11 Å². The Morgan fingerprint density at radius 2 is 1.80 bits per heavy atom. The number of nitrogens with zero attached hydrogens (tertiary/aromatic N) is 3. The molecule has 0 N–H and O–H groups in total. The quantitative estimate of drug-likeness (QED) is 0.167. The number of fused-ring (bicyclic) bond motifs is 1. The van der Waals surface area contributed by atoms with Crippen LogP contribution < -0.4 is 9.47 Å². The maximum absolute atomic E-state index is 15.0. The summed E-state index contributed by atoms with van der Waals surface area (Å²) in [5.41, 5.74) is 2.79. The average Bonchev–Trinajstić information content (AvgIpc) is 3.54. The van der Waals surface area contributed by atoms with Gasteiger partial charge in [-0.15, -0.1) is 11.3 Å². The van der Waals surface area contributed by atoms with Crippen molar-refractivity contribution in [2.45, 2.75) is 39.7 Å². The second-order valence-corrected chi connectivity index (χ2v) is 10.4. The highest BCUT2D eigenvalue weighted by Gasteiger charge is 2.17. The SMILES string of the molecule is CCn1cc(-c2cc3nccc(Oc4ccc(CC(=O)CC(=O)Cc5ccccc5OC)cc4F)c3s2)nc1C. The number of Topliss-reactive ketones (excluding diaryl/α,β-unsaturated/α-hetero) is 2. The number of carbonyl (C=O) groups is 2. The summed E-state index contributed by atoms with van der Waals surface area (Å²) in [6.07, 6.45) is 3.45. The van der Waals surface area contributed by atoms with Crippen LogP contribution in [0.2, 0.25) is 0 Å². The number of benzene rings is 2. The third-order valence-corrected chi connectivity index (χ3v) is 7.70. The van der Waals surface area contributed by atoms with Crippen molar-refractivity contribution in [1.82, 2.24) is 14.5 Å². The predicted molar refractivity (Wildman–Crippen MR) is 153 cm³/mol. The first-order valence-corrected chi connectivity index (χ1v) is 13.7. The largest absolute Gasteiger partial charge is 0.496 e. The highest BCUT2D eigenvalue weighted by molar-refractivity contribution is 7.22. The Balaban J connectivity index is 1.26. The van der Waals surface area contributed by atoms with Crippen molar-refractivity contribution >= 4 is 33.1 Å². The minimum atomic E-state index is -0.593. The summed E-state index contributed by atoms with van der Waals surface area (Å²) >= 11 is 1.48. The van der Waals surface area contributed by atoms with Crippen molar-refractivity contribution in [2.24, 2.45) is 0 Å². The first-order chi connectivity index (χ1) is 19.3. The zero-order valence-electron chi connectivity index (χ0n) is 22.4. The lowest BCUT2D eigenvalue weighted by atomic mass is 10.0. The molecule has 5 rings (SSSR count). The van der Waals surface area contributed by atoms with Gasteiger partial charge in [-0.05, 0) is 43.7 Å². The molecule has 3 aromatic heterocycles. The molecule has 0 radical (unpaired) electrons. The van der Waals surface area contributed by atoms with Crippen LogP contribution in [0.4, 0.5) is 4.39 Å². The van der Waals surface area contributed by atoms with Gasteiger partial charge in [0, 0.05) is 43.4 Å². The Bertz CT molecular complexity index is 1710. The van der Waals surface area contributed by atoms with E-state index in [9.17, 15) is 9.59 Å². The number of halogens is 1. The Kier molecular flexibility index (Phi) is 8.02. The van der Waals surface area contributed by atoms with Gasteiger partial charge in [0.15, 0.2) is 11.6 Å². The smallest absolute Gasteiger partial charge is 0.166 e. The number of hydrogen-bond donors (Lipinski definition) is 0. The summed E-state index contributed by atoms with van der Waals surface area (Å²) in [4.78, 5) is 35.0. The van der Waals surface area contributed by atoms with Crippen molar-refractivity contribution in [3.8, 4) is 27.8 Å². The Hall–Kier alpha value is -4.37. The van der Waals surface area contributed by atoms with Crippen LogP contribution in [0, 0.1) is 12.7 Å². The fourth-order valence-corrected chi connectivity index (χ4v) is 5.58. The molecule has 0 saturated carbocycles. The Morgan fingerprint density at radius 3 is 2.55 bits per heavy atom. The number of rotatable bonds is 11. The van der Waals surface area contributed by atoms with E-state index in [1.165, 1.54) is 30.6 Å². The summed E-state index contributed by atoms with van der Waals surface area (Å²) in [5.74, 6) is 0.966. The number of para-hydroxylation sites is 1. The summed E-state index contributed by atoms with van der Waals surface area (Å²) in [6, 6.07) is 15.3. The molecule has 5 aromatic rings. The number of aryl methyl sites for hydroxylation is 2. The van der Waals surface area contributed by atoms with Gasteiger partial charge in [0.25, 0.3) is 0 Å². The third kappa shape index (κ3) is 5.94. The van der Waals surface area contributed by atoms with Crippen molar-refractivity contribution in [1.29, 1.82) is 0 Å². The van der Waals surface area contributed by atoms with Crippen LogP contribution in [0.3, 0.4) is 0 Å². The molecule has 0 saturated heterocycles. The van der Waals surface area contributed by atoms with Gasteiger partial charge in [0.1, 0.15) is 28.9 Å². The monoisotopic (exact) mass is 557 g/mol. The molecule has 0 unspecified atom stereocenters. The van der Waals surface area contributed by atoms with E-state index in [1.54, 1.807) is 30.5 Å². The van der Waals surface area contributed by atoms with Gasteiger partial charge in [0.05, 0.1) is 34.3 Å². The van der Waals surface area contributed by atoms with E-state index in [1.807, 2.05) is 31.3 Å². The van der Waals surface area contributed by atoms with Crippen molar-refractivity contribution < 1.29 is 23.5 Å². The van der Waals surface area contributed by atoms with Gasteiger partial charge < -0.3 is 14.0 Å². The molecule has 40 heavy (non-hydrogen) atoms. The molecule has 0 aliphatic heterocycles. The molecule has 0 spiro atoms. The zero-order valence-corrected chi connectivity index (χ0v) is 23.3.